The van der Waals surface area contributed by atoms with Crippen molar-refractivity contribution in [3.05, 3.63) is 47.5 Å². The maximum atomic E-state index is 3.85. The average molecular weight is 195 g/mol. The number of nitrogens with zero attached hydrogens (tertiary/aromatic N) is 1. The Balaban J connectivity index is 2.77. The predicted octanol–water partition coefficient (Wildman–Crippen LogP) is 3.46. The molecule has 0 aliphatic rings. The number of fused-ring (bicyclic) bond motifs is 1. The first-order chi connectivity index (χ1) is 7.33. The highest BCUT2D eigenvalue weighted by atomic mass is 14.6. The summed E-state index contributed by atoms with van der Waals surface area (Å²) in [7, 11) is 1.73. The molecule has 0 atom stereocenters. The molecule has 0 aromatic heterocycles. The van der Waals surface area contributed by atoms with Gasteiger partial charge in [-0.05, 0) is 34.7 Å². The summed E-state index contributed by atoms with van der Waals surface area (Å²) in [5, 5.41) is 2.55. The third-order valence-corrected chi connectivity index (χ3v) is 2.52. The van der Waals surface area contributed by atoms with Crippen LogP contribution in [0.4, 0.5) is 0 Å². The van der Waals surface area contributed by atoms with Crippen LogP contribution in [0.25, 0.3) is 16.8 Å². The predicted molar refractivity (Wildman–Crippen MR) is 66.5 cm³/mol. The average Bonchev–Trinajstić information content (AvgIpc) is 2.29. The molecule has 15 heavy (non-hydrogen) atoms. The molecule has 0 heterocycles. The molecule has 0 unspecified atom stereocenters. The summed E-state index contributed by atoms with van der Waals surface area (Å²) >= 11 is 0. The van der Waals surface area contributed by atoms with Gasteiger partial charge in [-0.3, -0.25) is 0 Å². The molecule has 74 valence electrons. The van der Waals surface area contributed by atoms with Gasteiger partial charge in [0.1, 0.15) is 0 Å². The molecular weight excluding hydrogens is 182 g/mol. The lowest BCUT2D eigenvalue weighted by atomic mass is 10.0. The molecule has 0 aliphatic carbocycles. The summed E-state index contributed by atoms with van der Waals surface area (Å²) in [4.78, 5) is 3.85. The molecule has 0 amide bonds. The third-order valence-electron chi connectivity index (χ3n) is 2.52. The number of benzene rings is 2. The summed E-state index contributed by atoms with van der Waals surface area (Å²) < 4.78 is 0. The van der Waals surface area contributed by atoms with E-state index < -0.39 is 0 Å². The second-order valence-electron chi connectivity index (χ2n) is 3.51. The highest BCUT2D eigenvalue weighted by Crippen LogP contribution is 2.22. The molecule has 0 saturated carbocycles. The lowest BCUT2D eigenvalue weighted by Crippen LogP contribution is -1.82. The number of aliphatic imine (C=N–C) groups is 1. The second kappa shape index (κ2) is 4.12. The van der Waals surface area contributed by atoms with Gasteiger partial charge < -0.3 is 0 Å². The van der Waals surface area contributed by atoms with Crippen molar-refractivity contribution in [2.75, 3.05) is 7.05 Å². The van der Waals surface area contributed by atoms with Gasteiger partial charge in [0.05, 0.1) is 0 Å². The molecule has 1 nitrogen and oxygen atoms in total. The van der Waals surface area contributed by atoms with Crippen LogP contribution >= 0.6 is 0 Å². The maximum absolute atomic E-state index is 3.85. The quantitative estimate of drug-likeness (QED) is 0.618. The fraction of sp³-hybridized carbons (Fsp3) is 0.143. The molecular formula is C14H13N. The van der Waals surface area contributed by atoms with E-state index in [-0.39, 0.29) is 0 Å². The van der Waals surface area contributed by atoms with E-state index in [4.69, 9.17) is 0 Å². The lowest BCUT2D eigenvalue weighted by molar-refractivity contribution is 1.48. The summed E-state index contributed by atoms with van der Waals surface area (Å²) in [5.41, 5.74) is 2.47. The van der Waals surface area contributed by atoms with Crippen LogP contribution in [0.3, 0.4) is 0 Å². The molecule has 0 fully saturated rings. The molecule has 0 bridgehead atoms. The first-order valence-corrected chi connectivity index (χ1v) is 4.99. The van der Waals surface area contributed by atoms with Crippen LogP contribution in [0.5, 0.6) is 0 Å². The van der Waals surface area contributed by atoms with Crippen LogP contribution in [0.15, 0.2) is 41.4 Å². The van der Waals surface area contributed by atoms with E-state index in [0.29, 0.717) is 0 Å². The Morgan fingerprint density at radius 3 is 2.53 bits per heavy atom. The van der Waals surface area contributed by atoms with Crippen molar-refractivity contribution in [1.29, 1.82) is 0 Å². The number of hydrogen-bond acceptors (Lipinski definition) is 1. The molecule has 2 aromatic carbocycles. The second-order valence-corrected chi connectivity index (χ2v) is 3.51. The maximum Gasteiger partial charge on any atom is 0.0372 e. The van der Waals surface area contributed by atoms with Crippen molar-refractivity contribution in [2.45, 2.75) is 6.92 Å². The lowest BCUT2D eigenvalue weighted by Gasteiger charge is -2.04. The van der Waals surface area contributed by atoms with Gasteiger partial charge in [0.2, 0.25) is 0 Å². The van der Waals surface area contributed by atoms with Crippen molar-refractivity contribution < 1.29 is 0 Å². The highest BCUT2D eigenvalue weighted by molar-refractivity contribution is 5.96. The van der Waals surface area contributed by atoms with Crippen LogP contribution in [-0.4, -0.2) is 12.9 Å². The minimum Gasteiger partial charge on any atom is -0.246 e. The van der Waals surface area contributed by atoms with Crippen LogP contribution in [0.2, 0.25) is 0 Å². The summed E-state index contributed by atoms with van der Waals surface area (Å²) in [6.07, 6.45) is 1.92. The van der Waals surface area contributed by atoms with E-state index in [2.05, 4.69) is 54.2 Å². The Hall–Kier alpha value is -1.85. The first-order valence-electron chi connectivity index (χ1n) is 4.99. The van der Waals surface area contributed by atoms with Crippen LogP contribution in [-0.2, 0) is 0 Å². The van der Waals surface area contributed by atoms with E-state index >= 15 is 0 Å². The molecule has 0 radical (unpaired) electrons. The fourth-order valence-corrected chi connectivity index (χ4v) is 1.73. The highest BCUT2D eigenvalue weighted by Gasteiger charge is 1.99. The summed E-state index contributed by atoms with van der Waals surface area (Å²) in [6.45, 7) is 2.13. The molecule has 1 heteroatoms. The van der Waals surface area contributed by atoms with Crippen molar-refractivity contribution in [3.8, 4) is 0 Å². The molecule has 2 rings (SSSR count). The Bertz CT molecular complexity index is 546. The molecule has 0 saturated heterocycles. The summed E-state index contributed by atoms with van der Waals surface area (Å²) in [5.74, 6) is 2.88. The Morgan fingerprint density at radius 1 is 1.07 bits per heavy atom. The smallest absolute Gasteiger partial charge is 0.0372 e. The van der Waals surface area contributed by atoms with Gasteiger partial charge in [0.15, 0.2) is 0 Å². The van der Waals surface area contributed by atoms with Crippen LogP contribution in [0.1, 0.15) is 11.1 Å². The van der Waals surface area contributed by atoms with Gasteiger partial charge in [-0.2, -0.15) is 0 Å². The van der Waals surface area contributed by atoms with Gasteiger partial charge in [-0.1, -0.05) is 36.4 Å². The molecule has 2 aromatic rings. The van der Waals surface area contributed by atoms with E-state index in [9.17, 15) is 0 Å². The number of aryl methyl sites for hydroxylation is 1. The van der Waals surface area contributed by atoms with E-state index in [1.54, 1.807) is 7.05 Å². The third kappa shape index (κ3) is 1.83. The SMILES string of the molecule is CN=C=Cc1ccc(C)c2ccccc12. The number of rotatable bonds is 1. The normalized spacial score (nSPS) is 9.73. The summed E-state index contributed by atoms with van der Waals surface area (Å²) in [6, 6.07) is 12.6. The van der Waals surface area contributed by atoms with Crippen molar-refractivity contribution in [1.82, 2.24) is 0 Å². The van der Waals surface area contributed by atoms with Gasteiger partial charge in [-0.25, -0.2) is 4.99 Å². The number of hydrogen-bond donors (Lipinski definition) is 0. The van der Waals surface area contributed by atoms with Gasteiger partial charge in [-0.15, -0.1) is 0 Å². The van der Waals surface area contributed by atoms with Gasteiger partial charge in [0.25, 0.3) is 0 Å². The standard InChI is InChI=1S/C14H13N/c1-11-7-8-12(9-10-15-2)14-6-4-3-5-13(11)14/h3-9H,1-2H3. The Labute approximate surface area is 89.8 Å². The van der Waals surface area contributed by atoms with E-state index in [0.717, 1.165) is 0 Å². The zero-order chi connectivity index (χ0) is 10.7. The fourth-order valence-electron chi connectivity index (χ4n) is 1.73. The zero-order valence-corrected chi connectivity index (χ0v) is 8.99. The van der Waals surface area contributed by atoms with Crippen molar-refractivity contribution in [2.24, 2.45) is 4.99 Å². The van der Waals surface area contributed by atoms with Crippen LogP contribution < -0.4 is 0 Å². The van der Waals surface area contributed by atoms with E-state index in [1.165, 1.54) is 21.9 Å². The monoisotopic (exact) mass is 195 g/mol. The Morgan fingerprint density at radius 2 is 1.80 bits per heavy atom. The zero-order valence-electron chi connectivity index (χ0n) is 8.99. The topological polar surface area (TPSA) is 12.4 Å². The van der Waals surface area contributed by atoms with Crippen molar-refractivity contribution in [3.63, 3.8) is 0 Å². The van der Waals surface area contributed by atoms with Crippen LogP contribution in [0, 0.1) is 6.92 Å². The van der Waals surface area contributed by atoms with Crippen molar-refractivity contribution >= 4 is 22.7 Å². The molecule has 0 spiro atoms. The minimum atomic E-state index is 1.17. The molecule has 0 aliphatic heterocycles. The van der Waals surface area contributed by atoms with Gasteiger partial charge >= 0.3 is 0 Å². The van der Waals surface area contributed by atoms with E-state index in [1.807, 2.05) is 6.08 Å². The van der Waals surface area contributed by atoms with Gasteiger partial charge in [0, 0.05) is 13.1 Å². The molecule has 0 N–H and O–H groups in total. The minimum absolute atomic E-state index is 1.17. The Kier molecular flexibility index (Phi) is 2.66. The first kappa shape index (κ1) is 9.70. The largest absolute Gasteiger partial charge is 0.246 e.